The number of benzene rings is 1. The van der Waals surface area contributed by atoms with E-state index in [1.54, 1.807) is 0 Å². The molecular formula is C27H37N7O3. The van der Waals surface area contributed by atoms with Gasteiger partial charge in [-0.2, -0.15) is 0 Å². The normalized spacial score (nSPS) is 19.2. The van der Waals surface area contributed by atoms with E-state index in [1.165, 1.54) is 0 Å². The minimum atomic E-state index is -0.176. The van der Waals surface area contributed by atoms with Gasteiger partial charge in [0.15, 0.2) is 0 Å². The van der Waals surface area contributed by atoms with Gasteiger partial charge in [-0.1, -0.05) is 12.1 Å². The van der Waals surface area contributed by atoms with Crippen LogP contribution in [-0.2, 0) is 22.6 Å². The summed E-state index contributed by atoms with van der Waals surface area (Å²) in [5.74, 6) is 0.825. The highest BCUT2D eigenvalue weighted by Crippen LogP contribution is 2.34. The van der Waals surface area contributed by atoms with E-state index in [0.717, 1.165) is 60.6 Å². The van der Waals surface area contributed by atoms with Crippen LogP contribution in [0.2, 0.25) is 0 Å². The fourth-order valence-electron chi connectivity index (χ4n) is 4.81. The summed E-state index contributed by atoms with van der Waals surface area (Å²) in [6.07, 6.45) is 3.44. The van der Waals surface area contributed by atoms with Crippen LogP contribution in [0.25, 0.3) is 11.3 Å². The molecule has 3 heterocycles. The van der Waals surface area contributed by atoms with Crippen molar-refractivity contribution in [3.05, 3.63) is 35.5 Å². The van der Waals surface area contributed by atoms with Gasteiger partial charge in [-0.15, -0.1) is 0 Å². The molecule has 1 saturated carbocycles. The Balaban J connectivity index is 1.39. The van der Waals surface area contributed by atoms with Gasteiger partial charge in [0, 0.05) is 35.8 Å². The Morgan fingerprint density at radius 3 is 2.62 bits per heavy atom. The largest absolute Gasteiger partial charge is 0.377 e. The van der Waals surface area contributed by atoms with Gasteiger partial charge in [-0.05, 0) is 59.0 Å². The van der Waals surface area contributed by atoms with Crippen LogP contribution in [0.3, 0.4) is 0 Å². The summed E-state index contributed by atoms with van der Waals surface area (Å²) in [6.45, 7) is 6.01. The lowest BCUT2D eigenvalue weighted by Crippen LogP contribution is -2.44. The van der Waals surface area contributed by atoms with E-state index in [9.17, 15) is 9.59 Å². The van der Waals surface area contributed by atoms with Gasteiger partial charge in [0.2, 0.25) is 11.9 Å². The number of urea groups is 1. The second-order valence-electron chi connectivity index (χ2n) is 10.5. The van der Waals surface area contributed by atoms with Crippen molar-refractivity contribution in [2.24, 2.45) is 0 Å². The number of hydrogen-bond donors (Lipinski definition) is 2. The van der Waals surface area contributed by atoms with Crippen LogP contribution in [0.4, 0.5) is 16.4 Å². The van der Waals surface area contributed by atoms with E-state index < -0.39 is 0 Å². The summed E-state index contributed by atoms with van der Waals surface area (Å²) < 4.78 is 5.62. The third kappa shape index (κ3) is 6.19. The minimum Gasteiger partial charge on any atom is -0.377 e. The lowest BCUT2D eigenvalue weighted by Gasteiger charge is -2.33. The van der Waals surface area contributed by atoms with Crippen molar-refractivity contribution in [1.29, 1.82) is 0 Å². The summed E-state index contributed by atoms with van der Waals surface area (Å²) in [7, 11) is 4.04. The number of carbonyl (C=O) groups excluding carboxylic acids is 2. The fourth-order valence-corrected chi connectivity index (χ4v) is 4.81. The molecule has 0 spiro atoms. The maximum absolute atomic E-state index is 13.0. The Bertz CT molecular complexity index is 1130. The van der Waals surface area contributed by atoms with E-state index in [-0.39, 0.29) is 18.0 Å². The van der Waals surface area contributed by atoms with Crippen molar-refractivity contribution in [3.63, 3.8) is 0 Å². The summed E-state index contributed by atoms with van der Waals surface area (Å²) in [5.41, 5.74) is 4.42. The Morgan fingerprint density at radius 1 is 1.14 bits per heavy atom. The SMILES string of the molecule is CC1COCCN1c1nc2c(c(-c3ccc(NC(=O)NC4CC4)cc3)n1)CN(C(=O)CCCN(C)C)C2. The third-order valence-electron chi connectivity index (χ3n) is 7.07. The number of nitrogens with zero attached hydrogens (tertiary/aromatic N) is 5. The molecule has 2 N–H and O–H groups in total. The van der Waals surface area contributed by atoms with Crippen LogP contribution in [0, 0.1) is 0 Å². The number of aromatic nitrogens is 2. The zero-order valence-electron chi connectivity index (χ0n) is 22.0. The Labute approximate surface area is 218 Å². The quantitative estimate of drug-likeness (QED) is 0.566. The van der Waals surface area contributed by atoms with E-state index in [0.29, 0.717) is 44.7 Å². The van der Waals surface area contributed by atoms with E-state index in [2.05, 4.69) is 27.4 Å². The molecule has 1 aliphatic carbocycles. The Hall–Kier alpha value is -3.24. The van der Waals surface area contributed by atoms with Crippen molar-refractivity contribution >= 4 is 23.6 Å². The molecule has 2 aliphatic heterocycles. The highest BCUT2D eigenvalue weighted by molar-refractivity contribution is 5.90. The third-order valence-corrected chi connectivity index (χ3v) is 7.07. The second kappa shape index (κ2) is 11.0. The molecular weight excluding hydrogens is 470 g/mol. The number of ether oxygens (including phenoxy) is 1. The van der Waals surface area contributed by atoms with Gasteiger partial charge in [0.05, 0.1) is 43.7 Å². The molecule has 37 heavy (non-hydrogen) atoms. The maximum Gasteiger partial charge on any atom is 0.319 e. The molecule has 1 unspecified atom stereocenters. The number of carbonyl (C=O) groups is 2. The first-order valence-electron chi connectivity index (χ1n) is 13.2. The summed E-state index contributed by atoms with van der Waals surface area (Å²) in [4.78, 5) is 41.3. The van der Waals surface area contributed by atoms with Crippen LogP contribution in [0.15, 0.2) is 24.3 Å². The second-order valence-corrected chi connectivity index (χ2v) is 10.5. The first-order chi connectivity index (χ1) is 17.9. The number of nitrogens with one attached hydrogen (secondary N) is 2. The van der Waals surface area contributed by atoms with Crippen LogP contribution >= 0.6 is 0 Å². The molecule has 0 radical (unpaired) electrons. The van der Waals surface area contributed by atoms with Crippen molar-refractivity contribution in [2.45, 2.75) is 57.8 Å². The highest BCUT2D eigenvalue weighted by Gasteiger charge is 2.31. The average Bonchev–Trinajstić information content (AvgIpc) is 3.57. The number of morpholine rings is 1. The summed E-state index contributed by atoms with van der Waals surface area (Å²) >= 11 is 0. The lowest BCUT2D eigenvalue weighted by molar-refractivity contribution is -0.132. The number of anilines is 2. The van der Waals surface area contributed by atoms with Gasteiger partial charge < -0.3 is 30.1 Å². The molecule has 198 valence electrons. The van der Waals surface area contributed by atoms with Crippen LogP contribution in [0.5, 0.6) is 0 Å². The Kier molecular flexibility index (Phi) is 7.57. The smallest absolute Gasteiger partial charge is 0.319 e. The molecule has 3 aliphatic rings. The standard InChI is InChI=1S/C27H37N7O3/c1-18-17-37-14-13-34(18)26-30-23-16-33(24(35)5-4-12-32(2)3)15-22(23)25(31-26)19-6-8-20(9-7-19)28-27(36)29-21-10-11-21/h6-9,18,21H,4-5,10-17H2,1-3H3,(H2,28,29,36). The fraction of sp³-hybridized carbons (Fsp3) is 0.556. The van der Waals surface area contributed by atoms with Crippen molar-refractivity contribution in [3.8, 4) is 11.3 Å². The number of amides is 3. The number of hydrogen-bond acceptors (Lipinski definition) is 7. The minimum absolute atomic E-state index is 0.147. The summed E-state index contributed by atoms with van der Waals surface area (Å²) in [5, 5.41) is 5.84. The van der Waals surface area contributed by atoms with E-state index in [4.69, 9.17) is 14.7 Å². The zero-order chi connectivity index (χ0) is 25.9. The molecule has 5 rings (SSSR count). The molecule has 3 amide bonds. The van der Waals surface area contributed by atoms with Crippen molar-refractivity contribution < 1.29 is 14.3 Å². The van der Waals surface area contributed by atoms with Gasteiger partial charge >= 0.3 is 6.03 Å². The van der Waals surface area contributed by atoms with Crippen LogP contribution < -0.4 is 15.5 Å². The first kappa shape index (κ1) is 25.4. The monoisotopic (exact) mass is 507 g/mol. The van der Waals surface area contributed by atoms with E-state index >= 15 is 0 Å². The predicted molar refractivity (Wildman–Crippen MR) is 142 cm³/mol. The number of rotatable bonds is 8. The van der Waals surface area contributed by atoms with Crippen LogP contribution in [-0.4, -0.2) is 84.2 Å². The van der Waals surface area contributed by atoms with Gasteiger partial charge in [0.1, 0.15) is 0 Å². The topological polar surface area (TPSA) is 103 Å². The van der Waals surface area contributed by atoms with Crippen molar-refractivity contribution in [1.82, 2.24) is 25.1 Å². The molecule has 2 aromatic rings. The first-order valence-corrected chi connectivity index (χ1v) is 13.2. The molecule has 2 fully saturated rings. The molecule has 10 heteroatoms. The highest BCUT2D eigenvalue weighted by atomic mass is 16.5. The maximum atomic E-state index is 13.0. The number of fused-ring (bicyclic) bond motifs is 1. The van der Waals surface area contributed by atoms with Gasteiger partial charge in [-0.25, -0.2) is 14.8 Å². The molecule has 1 aromatic heterocycles. The Morgan fingerprint density at radius 2 is 1.92 bits per heavy atom. The predicted octanol–water partition coefficient (Wildman–Crippen LogP) is 2.84. The summed E-state index contributed by atoms with van der Waals surface area (Å²) in [6, 6.07) is 8.04. The average molecular weight is 508 g/mol. The molecule has 1 aromatic carbocycles. The molecule has 1 saturated heterocycles. The van der Waals surface area contributed by atoms with E-state index in [1.807, 2.05) is 43.3 Å². The van der Waals surface area contributed by atoms with Gasteiger partial charge in [0.25, 0.3) is 0 Å². The molecule has 0 bridgehead atoms. The lowest BCUT2D eigenvalue weighted by atomic mass is 10.1. The zero-order valence-corrected chi connectivity index (χ0v) is 22.0. The van der Waals surface area contributed by atoms with Crippen molar-refractivity contribution in [2.75, 3.05) is 50.6 Å². The van der Waals surface area contributed by atoms with Crippen LogP contribution in [0.1, 0.15) is 43.9 Å². The molecule has 10 nitrogen and oxygen atoms in total. The van der Waals surface area contributed by atoms with Gasteiger partial charge in [-0.3, -0.25) is 4.79 Å². The molecule has 1 atom stereocenters.